The van der Waals surface area contributed by atoms with E-state index in [0.717, 1.165) is 115 Å². The molecule has 6 saturated heterocycles. The van der Waals surface area contributed by atoms with Crippen LogP contribution in [0.5, 0.6) is 0 Å². The molecule has 85 heavy (non-hydrogen) atoms. The number of sulfone groups is 2. The average Bonchev–Trinajstić information content (AvgIpc) is 3.48. The van der Waals surface area contributed by atoms with Crippen molar-refractivity contribution in [1.82, 2.24) is 34.7 Å². The fraction of sp³-hybridized carbons (Fsp3) is 0.500. The standard InChI is InChI=1S/C30H36F3N5O6S.C28H36FN5O5S/c31-26-15-22(27(39)16-34-29(40)28(32)33)3-4-23(26)18-38(30(41)37-11-13-45(42,43)14-12-37)24-5-1-21(2-6-24)17-35-7-9-36(10-8-35)25-19-44-20-25;29-26-15-22(27(35)16-30)3-4-23(26)18-34(28(36)33-11-13-40(37,38)14-12-33)24-5-1-21(2-6-24)17-31-7-9-32(10-8-31)25-19-39-20-25/h1-6,15,25,28H,7-14,16-20H2,(H,34,40);1-6,15,25H,7-14,16-20,30H2. The molecule has 5 amide bonds. The Kier molecular flexibility index (Phi) is 21.1. The van der Waals surface area contributed by atoms with Gasteiger partial charge >= 0.3 is 18.5 Å². The number of benzene rings is 4. The van der Waals surface area contributed by atoms with Crippen LogP contribution in [0.1, 0.15) is 43.0 Å². The summed E-state index contributed by atoms with van der Waals surface area (Å²) in [6.07, 6.45) is -3.28. The Bertz CT molecular complexity index is 3230. The molecule has 6 fully saturated rings. The van der Waals surface area contributed by atoms with Gasteiger partial charge in [0, 0.05) is 125 Å². The fourth-order valence-corrected chi connectivity index (χ4v) is 13.1. The number of nitrogens with zero attached hydrogens (tertiary/aromatic N) is 8. The quantitative estimate of drug-likeness (QED) is 0.108. The highest BCUT2D eigenvalue weighted by molar-refractivity contribution is 7.91. The normalized spacial score (nSPS) is 19.7. The number of amides is 5. The topological polar surface area (TPSA) is 236 Å². The van der Waals surface area contributed by atoms with Crippen molar-refractivity contribution in [2.75, 3.05) is 151 Å². The maximum absolute atomic E-state index is 15.2. The zero-order chi connectivity index (χ0) is 60.4. The first kappa shape index (κ1) is 63.1. The van der Waals surface area contributed by atoms with E-state index in [1.54, 1.807) is 17.4 Å². The summed E-state index contributed by atoms with van der Waals surface area (Å²) in [6, 6.07) is 22.9. The Hall–Kier alpha value is -6.43. The van der Waals surface area contributed by atoms with E-state index in [1.807, 2.05) is 36.4 Å². The molecule has 0 saturated carbocycles. The molecule has 6 heterocycles. The molecule has 0 aromatic heterocycles. The van der Waals surface area contributed by atoms with E-state index < -0.39 is 62.0 Å². The van der Waals surface area contributed by atoms with Crippen molar-refractivity contribution in [1.29, 1.82) is 0 Å². The molecule has 0 unspecified atom stereocenters. The Labute approximate surface area is 492 Å². The number of nitrogens with one attached hydrogen (secondary N) is 1. The lowest BCUT2D eigenvalue weighted by Crippen LogP contribution is -2.56. The number of anilines is 2. The van der Waals surface area contributed by atoms with Gasteiger partial charge in [0.25, 0.3) is 5.91 Å². The number of Topliss-reactive ketones (excluding diaryl/α,β-unsaturated/α-hetero) is 2. The van der Waals surface area contributed by atoms with Crippen molar-refractivity contribution >= 4 is 60.6 Å². The van der Waals surface area contributed by atoms with Crippen LogP contribution in [0.4, 0.5) is 38.5 Å². The van der Waals surface area contributed by atoms with Gasteiger partial charge in [0.05, 0.1) is 87.7 Å². The smallest absolute Gasteiger partial charge is 0.324 e. The van der Waals surface area contributed by atoms with Crippen molar-refractivity contribution in [3.63, 3.8) is 0 Å². The molecular formula is C58H72F4N10O11S2. The highest BCUT2D eigenvalue weighted by atomic mass is 32.2. The number of halogens is 4. The van der Waals surface area contributed by atoms with Crippen LogP contribution in [0.25, 0.3) is 0 Å². The summed E-state index contributed by atoms with van der Waals surface area (Å²) in [4.78, 5) is 78.0. The number of piperazine rings is 2. The Morgan fingerprint density at radius 3 is 1.25 bits per heavy atom. The lowest BCUT2D eigenvalue weighted by atomic mass is 10.1. The highest BCUT2D eigenvalue weighted by Gasteiger charge is 2.34. The summed E-state index contributed by atoms with van der Waals surface area (Å²) >= 11 is 0. The Morgan fingerprint density at radius 1 is 0.541 bits per heavy atom. The number of rotatable bonds is 18. The van der Waals surface area contributed by atoms with Crippen LogP contribution in [0.3, 0.4) is 0 Å². The molecule has 21 nitrogen and oxygen atoms in total. The summed E-state index contributed by atoms with van der Waals surface area (Å²) in [5, 5.41) is 1.79. The number of ether oxygens (including phenoxy) is 2. The summed E-state index contributed by atoms with van der Waals surface area (Å²) in [5.74, 6) is -4.68. The van der Waals surface area contributed by atoms with Crippen LogP contribution in [-0.4, -0.2) is 235 Å². The SMILES string of the molecule is NCC(=O)c1ccc(CN(C(=O)N2CCS(=O)(=O)CC2)c2ccc(CN3CCN(C4COC4)CC3)cc2)c(F)c1.O=C(CNC(=O)C(F)F)c1ccc(CN(C(=O)N2CCS(=O)(=O)CC2)c2ccc(CN3CCN(C4COC4)CC3)cc2)c(F)c1. The maximum atomic E-state index is 15.2. The third-order valence-electron chi connectivity index (χ3n) is 16.3. The molecular weight excluding hydrogens is 1150 g/mol. The number of carbonyl (C=O) groups is 5. The molecule has 27 heteroatoms. The molecule has 4 aromatic carbocycles. The number of carbonyl (C=O) groups excluding carboxylic acids is 5. The van der Waals surface area contributed by atoms with Crippen molar-refractivity contribution in [3.8, 4) is 0 Å². The molecule has 0 bridgehead atoms. The van der Waals surface area contributed by atoms with Gasteiger partial charge in [0.1, 0.15) is 11.6 Å². The van der Waals surface area contributed by atoms with Gasteiger partial charge in [-0.15, -0.1) is 0 Å². The number of ketones is 2. The molecule has 0 atom stereocenters. The Balaban J connectivity index is 0.000000205. The van der Waals surface area contributed by atoms with Crippen LogP contribution < -0.4 is 20.9 Å². The van der Waals surface area contributed by atoms with Gasteiger partial charge in [-0.3, -0.25) is 43.8 Å². The van der Waals surface area contributed by atoms with E-state index >= 15 is 8.78 Å². The van der Waals surface area contributed by atoms with Crippen molar-refractivity contribution in [2.45, 2.75) is 44.7 Å². The number of hydrogen-bond acceptors (Lipinski definition) is 16. The van der Waals surface area contributed by atoms with Gasteiger partial charge in [0.2, 0.25) is 0 Å². The molecule has 6 aliphatic rings. The van der Waals surface area contributed by atoms with Crippen molar-refractivity contribution in [2.24, 2.45) is 5.73 Å². The molecule has 0 spiro atoms. The van der Waals surface area contributed by atoms with E-state index in [9.17, 15) is 49.6 Å². The number of alkyl halides is 2. The van der Waals surface area contributed by atoms with Crippen LogP contribution >= 0.6 is 0 Å². The average molecular weight is 1230 g/mol. The van der Waals surface area contributed by atoms with Crippen molar-refractivity contribution < 1.29 is 67.8 Å². The lowest BCUT2D eigenvalue weighted by molar-refractivity contribution is -0.131. The second-order valence-corrected chi connectivity index (χ2v) is 26.6. The van der Waals surface area contributed by atoms with E-state index in [0.29, 0.717) is 23.5 Å². The second-order valence-electron chi connectivity index (χ2n) is 22.0. The monoisotopic (exact) mass is 1220 g/mol. The maximum Gasteiger partial charge on any atom is 0.324 e. The van der Waals surface area contributed by atoms with E-state index in [4.69, 9.17) is 15.2 Å². The third-order valence-corrected chi connectivity index (χ3v) is 19.5. The first-order chi connectivity index (χ1) is 40.7. The predicted molar refractivity (Wildman–Crippen MR) is 309 cm³/mol. The summed E-state index contributed by atoms with van der Waals surface area (Å²) < 4.78 is 114. The summed E-state index contributed by atoms with van der Waals surface area (Å²) in [7, 11) is -6.42. The number of nitrogens with two attached hydrogens (primary N) is 1. The summed E-state index contributed by atoms with van der Waals surface area (Å²) in [6.45, 7) is 11.5. The van der Waals surface area contributed by atoms with E-state index in [1.165, 1.54) is 43.9 Å². The first-order valence-corrected chi connectivity index (χ1v) is 32.0. The lowest BCUT2D eigenvalue weighted by Gasteiger charge is -2.42. The predicted octanol–water partition coefficient (Wildman–Crippen LogP) is 3.10. The number of urea groups is 2. The zero-order valence-electron chi connectivity index (χ0n) is 47.2. The highest BCUT2D eigenvalue weighted by Crippen LogP contribution is 2.27. The zero-order valence-corrected chi connectivity index (χ0v) is 48.8. The van der Waals surface area contributed by atoms with Crippen LogP contribution in [-0.2, 0) is 60.1 Å². The third kappa shape index (κ3) is 16.8. The van der Waals surface area contributed by atoms with E-state index in [-0.39, 0.29) is 103 Å². The number of hydrogen-bond donors (Lipinski definition) is 2. The minimum Gasteiger partial charge on any atom is -0.378 e. The van der Waals surface area contributed by atoms with Gasteiger partial charge in [-0.1, -0.05) is 48.5 Å². The van der Waals surface area contributed by atoms with Crippen LogP contribution in [0, 0.1) is 11.6 Å². The fourth-order valence-electron chi connectivity index (χ4n) is 10.7. The molecule has 460 valence electrons. The first-order valence-electron chi connectivity index (χ1n) is 28.4. The van der Waals surface area contributed by atoms with Gasteiger partial charge in [-0.25, -0.2) is 35.2 Å². The van der Waals surface area contributed by atoms with Crippen LogP contribution in [0.2, 0.25) is 0 Å². The molecule has 10 rings (SSSR count). The van der Waals surface area contributed by atoms with Gasteiger partial charge < -0.3 is 30.3 Å². The van der Waals surface area contributed by atoms with Gasteiger partial charge in [0.15, 0.2) is 31.2 Å². The molecule has 0 radical (unpaired) electrons. The molecule has 0 aliphatic carbocycles. The second kappa shape index (κ2) is 28.4. The van der Waals surface area contributed by atoms with Crippen molar-refractivity contribution in [3.05, 3.63) is 130 Å². The van der Waals surface area contributed by atoms with Crippen LogP contribution in [0.15, 0.2) is 84.9 Å². The van der Waals surface area contributed by atoms with Gasteiger partial charge in [-0.2, -0.15) is 8.78 Å². The largest absolute Gasteiger partial charge is 0.378 e. The molecule has 4 aromatic rings. The Morgan fingerprint density at radius 2 is 0.918 bits per heavy atom. The molecule has 3 N–H and O–H groups in total. The van der Waals surface area contributed by atoms with Gasteiger partial charge in [-0.05, 0) is 47.5 Å². The van der Waals surface area contributed by atoms with E-state index in [2.05, 4.69) is 19.6 Å². The molecule has 6 aliphatic heterocycles. The summed E-state index contributed by atoms with van der Waals surface area (Å²) in [5.41, 5.74) is 9.00. The minimum absolute atomic E-state index is 0.00890. The minimum atomic E-state index is -3.28.